The zero-order valence-electron chi connectivity index (χ0n) is 11.2. The maximum atomic E-state index is 10.1. The lowest BCUT2D eigenvalue weighted by Crippen LogP contribution is -2.30. The average Bonchev–Trinajstić information content (AvgIpc) is 2.36. The number of aliphatic hydroxyl groups excluding tert-OH is 1. The molecule has 0 radical (unpaired) electrons. The minimum Gasteiger partial charge on any atom is -0.493 e. The maximum absolute atomic E-state index is 10.1. The van der Waals surface area contributed by atoms with E-state index in [1.165, 1.54) is 0 Å². The number of rotatable bonds is 3. The largest absolute Gasteiger partial charge is 0.493 e. The van der Waals surface area contributed by atoms with E-state index >= 15 is 0 Å². The summed E-state index contributed by atoms with van der Waals surface area (Å²) in [6, 6.07) is 1.83. The van der Waals surface area contributed by atoms with Gasteiger partial charge in [0.15, 0.2) is 11.5 Å². The van der Waals surface area contributed by atoms with E-state index in [4.69, 9.17) is 14.2 Å². The third-order valence-electron chi connectivity index (χ3n) is 3.24. The molecular formula is C13H19NO4. The lowest BCUT2D eigenvalue weighted by molar-refractivity contribution is 0.106. The molecule has 0 aromatic heterocycles. The summed E-state index contributed by atoms with van der Waals surface area (Å²) in [6.07, 6.45) is -0.535. The number of hydrogen-bond donors (Lipinski definition) is 1. The molecule has 0 spiro atoms. The van der Waals surface area contributed by atoms with Crippen LogP contribution in [0.4, 0.5) is 0 Å². The van der Waals surface area contributed by atoms with E-state index in [1.807, 2.05) is 18.0 Å². The third kappa shape index (κ3) is 2.00. The third-order valence-corrected chi connectivity index (χ3v) is 3.24. The van der Waals surface area contributed by atoms with Crippen molar-refractivity contribution in [1.29, 1.82) is 0 Å². The number of ether oxygens (including phenoxy) is 3. The van der Waals surface area contributed by atoms with Gasteiger partial charge in [0.05, 0.1) is 27.4 Å². The highest BCUT2D eigenvalue weighted by molar-refractivity contribution is 5.60. The first-order valence-corrected chi connectivity index (χ1v) is 5.80. The van der Waals surface area contributed by atoms with Crippen molar-refractivity contribution in [2.24, 2.45) is 0 Å². The Labute approximate surface area is 107 Å². The summed E-state index contributed by atoms with van der Waals surface area (Å²) in [5.41, 5.74) is 1.80. The normalized spacial score (nSPS) is 19.3. The van der Waals surface area contributed by atoms with Crippen LogP contribution in [0.1, 0.15) is 17.2 Å². The van der Waals surface area contributed by atoms with Crippen molar-refractivity contribution in [3.05, 3.63) is 17.2 Å². The van der Waals surface area contributed by atoms with Gasteiger partial charge >= 0.3 is 0 Å². The zero-order chi connectivity index (χ0) is 13.3. The molecular weight excluding hydrogens is 234 g/mol. The van der Waals surface area contributed by atoms with Crippen LogP contribution in [0, 0.1) is 0 Å². The number of hydrogen-bond acceptors (Lipinski definition) is 5. The Morgan fingerprint density at radius 1 is 1.17 bits per heavy atom. The molecule has 0 amide bonds. The van der Waals surface area contributed by atoms with E-state index < -0.39 is 6.10 Å². The Bertz CT molecular complexity index is 447. The second kappa shape index (κ2) is 5.04. The fourth-order valence-corrected chi connectivity index (χ4v) is 2.42. The molecule has 0 bridgehead atoms. The summed E-state index contributed by atoms with van der Waals surface area (Å²) in [5.74, 6) is 1.79. The van der Waals surface area contributed by atoms with Crippen molar-refractivity contribution in [2.75, 3.05) is 34.9 Å². The van der Waals surface area contributed by atoms with E-state index in [-0.39, 0.29) is 0 Å². The van der Waals surface area contributed by atoms with Crippen LogP contribution in [-0.4, -0.2) is 44.9 Å². The second-order valence-corrected chi connectivity index (χ2v) is 4.43. The van der Waals surface area contributed by atoms with E-state index in [9.17, 15) is 5.11 Å². The number of fused-ring (bicyclic) bond motifs is 1. The number of methoxy groups -OCH3 is 3. The average molecular weight is 253 g/mol. The molecule has 100 valence electrons. The van der Waals surface area contributed by atoms with Crippen LogP contribution in [0.5, 0.6) is 17.2 Å². The first-order chi connectivity index (χ1) is 8.62. The highest BCUT2D eigenvalue weighted by Crippen LogP contribution is 2.45. The van der Waals surface area contributed by atoms with E-state index in [1.54, 1.807) is 21.3 Å². The topological polar surface area (TPSA) is 51.2 Å². The van der Waals surface area contributed by atoms with Gasteiger partial charge in [0.1, 0.15) is 0 Å². The summed E-state index contributed by atoms with van der Waals surface area (Å²) in [5, 5.41) is 10.1. The molecule has 1 aromatic rings. The quantitative estimate of drug-likeness (QED) is 0.877. The van der Waals surface area contributed by atoms with Crippen LogP contribution in [-0.2, 0) is 6.54 Å². The van der Waals surface area contributed by atoms with Crippen LogP contribution >= 0.6 is 0 Å². The van der Waals surface area contributed by atoms with Crippen LogP contribution in [0.25, 0.3) is 0 Å². The minimum atomic E-state index is -0.535. The molecule has 2 rings (SSSR count). The van der Waals surface area contributed by atoms with Crippen LogP contribution < -0.4 is 14.2 Å². The van der Waals surface area contributed by atoms with Gasteiger partial charge in [-0.1, -0.05) is 0 Å². The molecule has 1 heterocycles. The van der Waals surface area contributed by atoms with Crippen LogP contribution in [0.3, 0.4) is 0 Å². The fraction of sp³-hybridized carbons (Fsp3) is 0.538. The standard InChI is InChI=1S/C13H19NO4/c1-14-6-9-8(10(15)7-14)5-11(16-2)13(18-4)12(9)17-3/h5,10,15H,6-7H2,1-4H3/t10-/m1/s1. The molecule has 0 unspecified atom stereocenters. The molecule has 1 aliphatic heterocycles. The molecule has 0 aliphatic carbocycles. The molecule has 1 aliphatic rings. The summed E-state index contributed by atoms with van der Waals surface area (Å²) in [4.78, 5) is 2.04. The Balaban J connectivity index is 2.64. The molecule has 18 heavy (non-hydrogen) atoms. The molecule has 0 saturated carbocycles. The van der Waals surface area contributed by atoms with Crippen molar-refractivity contribution in [2.45, 2.75) is 12.6 Å². The molecule has 1 N–H and O–H groups in total. The van der Waals surface area contributed by atoms with Crippen molar-refractivity contribution >= 4 is 0 Å². The number of aliphatic hydroxyl groups is 1. The molecule has 5 nitrogen and oxygen atoms in total. The molecule has 0 fully saturated rings. The first-order valence-electron chi connectivity index (χ1n) is 5.80. The van der Waals surface area contributed by atoms with Crippen molar-refractivity contribution in [3.8, 4) is 17.2 Å². The molecule has 0 saturated heterocycles. The van der Waals surface area contributed by atoms with Gasteiger partial charge in [0, 0.05) is 18.7 Å². The van der Waals surface area contributed by atoms with Crippen LogP contribution in [0.2, 0.25) is 0 Å². The van der Waals surface area contributed by atoms with Crippen molar-refractivity contribution in [1.82, 2.24) is 4.90 Å². The smallest absolute Gasteiger partial charge is 0.203 e. The van der Waals surface area contributed by atoms with Gasteiger partial charge in [-0.05, 0) is 18.7 Å². The second-order valence-electron chi connectivity index (χ2n) is 4.43. The number of benzene rings is 1. The Kier molecular flexibility index (Phi) is 3.63. The molecule has 5 heteroatoms. The minimum absolute atomic E-state index is 0.535. The van der Waals surface area contributed by atoms with E-state index in [2.05, 4.69) is 0 Å². The lowest BCUT2D eigenvalue weighted by atomic mass is 9.95. The summed E-state index contributed by atoms with van der Waals surface area (Å²) in [7, 11) is 6.71. The SMILES string of the molecule is COc1cc2c(c(OC)c1OC)CN(C)C[C@H]2O. The predicted molar refractivity (Wildman–Crippen MR) is 67.4 cm³/mol. The van der Waals surface area contributed by atoms with Crippen molar-refractivity contribution < 1.29 is 19.3 Å². The van der Waals surface area contributed by atoms with Gasteiger partial charge in [0.25, 0.3) is 0 Å². The Morgan fingerprint density at radius 3 is 2.39 bits per heavy atom. The highest BCUT2D eigenvalue weighted by Gasteiger charge is 2.29. The summed E-state index contributed by atoms with van der Waals surface area (Å²) < 4.78 is 16.1. The molecule has 1 aromatic carbocycles. The van der Waals surface area contributed by atoms with Gasteiger partial charge in [-0.3, -0.25) is 4.90 Å². The molecule has 1 atom stereocenters. The summed E-state index contributed by atoms with van der Waals surface area (Å²) >= 11 is 0. The first kappa shape index (κ1) is 13.0. The Morgan fingerprint density at radius 2 is 1.83 bits per heavy atom. The van der Waals surface area contributed by atoms with Gasteiger partial charge in [-0.25, -0.2) is 0 Å². The monoisotopic (exact) mass is 253 g/mol. The zero-order valence-corrected chi connectivity index (χ0v) is 11.2. The van der Waals surface area contributed by atoms with Crippen LogP contribution in [0.15, 0.2) is 6.07 Å². The van der Waals surface area contributed by atoms with Crippen molar-refractivity contribution in [3.63, 3.8) is 0 Å². The van der Waals surface area contributed by atoms with E-state index in [0.717, 1.165) is 17.7 Å². The predicted octanol–water partition coefficient (Wildman–Crippen LogP) is 1.19. The van der Waals surface area contributed by atoms with Gasteiger partial charge in [-0.15, -0.1) is 0 Å². The van der Waals surface area contributed by atoms with Gasteiger partial charge < -0.3 is 19.3 Å². The maximum Gasteiger partial charge on any atom is 0.203 e. The number of nitrogens with zero attached hydrogens (tertiary/aromatic N) is 1. The summed E-state index contributed by atoms with van der Waals surface area (Å²) in [6.45, 7) is 1.32. The lowest BCUT2D eigenvalue weighted by Gasteiger charge is -2.31. The Hall–Kier alpha value is -1.46. The van der Waals surface area contributed by atoms with Gasteiger partial charge in [0.2, 0.25) is 5.75 Å². The number of β-amino-alcohol motifs (C(OH)–C–C–N with tert-alkyl or cyclic N) is 1. The van der Waals surface area contributed by atoms with Gasteiger partial charge in [-0.2, -0.15) is 0 Å². The van der Waals surface area contributed by atoms with E-state index in [0.29, 0.717) is 23.8 Å². The number of likely N-dealkylation sites (N-methyl/N-ethyl adjacent to an activating group) is 1. The highest BCUT2D eigenvalue weighted by atomic mass is 16.5. The fourth-order valence-electron chi connectivity index (χ4n) is 2.42.